The van der Waals surface area contributed by atoms with Gasteiger partial charge in [-0.25, -0.2) is 8.42 Å². The van der Waals surface area contributed by atoms with Crippen molar-refractivity contribution in [3.8, 4) is 0 Å². The van der Waals surface area contributed by atoms with Crippen molar-refractivity contribution in [3.05, 3.63) is 77.3 Å². The fourth-order valence-corrected chi connectivity index (χ4v) is 3.34. The normalized spacial score (nSPS) is 11.4. The van der Waals surface area contributed by atoms with Crippen LogP contribution < -0.4 is 14.9 Å². The summed E-state index contributed by atoms with van der Waals surface area (Å²) in [5, 5.41) is 12.3. The summed E-state index contributed by atoms with van der Waals surface area (Å²) >= 11 is 0. The molecular formula is C21H23N5O2S. The maximum atomic E-state index is 12.3. The van der Waals surface area contributed by atoms with Crippen molar-refractivity contribution in [1.29, 1.82) is 0 Å². The molecule has 150 valence electrons. The van der Waals surface area contributed by atoms with E-state index in [0.29, 0.717) is 11.5 Å². The number of hydrogen-bond donors (Lipinski definition) is 2. The van der Waals surface area contributed by atoms with Crippen LogP contribution in [0.1, 0.15) is 11.1 Å². The number of aromatic nitrogens is 2. The van der Waals surface area contributed by atoms with E-state index < -0.39 is 10.0 Å². The monoisotopic (exact) mass is 409 g/mol. The Kier molecular flexibility index (Phi) is 6.13. The molecule has 0 aliphatic heterocycles. The van der Waals surface area contributed by atoms with Crippen molar-refractivity contribution >= 4 is 39.0 Å². The van der Waals surface area contributed by atoms with Crippen LogP contribution >= 0.6 is 0 Å². The van der Waals surface area contributed by atoms with E-state index in [1.807, 2.05) is 56.3 Å². The molecule has 1 aromatic heterocycles. The molecule has 3 rings (SSSR count). The molecule has 0 fully saturated rings. The van der Waals surface area contributed by atoms with Crippen molar-refractivity contribution < 1.29 is 8.42 Å². The largest absolute Gasteiger partial charge is 0.376 e. The molecule has 8 heteroatoms. The maximum absolute atomic E-state index is 12.3. The Morgan fingerprint density at radius 3 is 2.28 bits per heavy atom. The fourth-order valence-electron chi connectivity index (χ4n) is 2.48. The molecule has 0 atom stereocenters. The Morgan fingerprint density at radius 2 is 1.62 bits per heavy atom. The van der Waals surface area contributed by atoms with Crippen LogP contribution in [-0.2, 0) is 10.0 Å². The van der Waals surface area contributed by atoms with Crippen molar-refractivity contribution in [2.24, 2.45) is 0 Å². The Labute approximate surface area is 171 Å². The van der Waals surface area contributed by atoms with Crippen LogP contribution in [0, 0.1) is 6.92 Å². The van der Waals surface area contributed by atoms with Gasteiger partial charge in [0, 0.05) is 31.5 Å². The Balaban J connectivity index is 1.65. The van der Waals surface area contributed by atoms with Gasteiger partial charge < -0.3 is 10.2 Å². The van der Waals surface area contributed by atoms with Crippen LogP contribution in [-0.4, -0.2) is 32.7 Å². The van der Waals surface area contributed by atoms with E-state index in [9.17, 15) is 8.42 Å². The van der Waals surface area contributed by atoms with E-state index in [0.717, 1.165) is 27.9 Å². The molecule has 0 saturated carbocycles. The van der Waals surface area contributed by atoms with Gasteiger partial charge in [-0.05, 0) is 42.8 Å². The van der Waals surface area contributed by atoms with Crippen molar-refractivity contribution in [3.63, 3.8) is 0 Å². The highest BCUT2D eigenvalue weighted by Crippen LogP contribution is 2.20. The molecular weight excluding hydrogens is 386 g/mol. The highest BCUT2D eigenvalue weighted by Gasteiger charge is 2.06. The molecule has 2 aromatic carbocycles. The standard InChI is InChI=1S/C21H23N5O2S/c1-16-4-6-17(7-5-16)12-13-29(27,28)25-19-10-8-18(9-11-19)23-21-14-20(26(2)3)15-22-24-21/h4-15,25H,1-3H3,(H,23,24)/b13-12+. The lowest BCUT2D eigenvalue weighted by atomic mass is 10.2. The third kappa shape index (κ3) is 6.05. The first-order valence-corrected chi connectivity index (χ1v) is 10.5. The van der Waals surface area contributed by atoms with E-state index in [-0.39, 0.29) is 0 Å². The Bertz CT molecular complexity index is 1090. The first-order valence-electron chi connectivity index (χ1n) is 8.95. The summed E-state index contributed by atoms with van der Waals surface area (Å²) in [5.41, 5.74) is 4.11. The van der Waals surface area contributed by atoms with Gasteiger partial charge in [0.1, 0.15) is 0 Å². The van der Waals surface area contributed by atoms with Gasteiger partial charge in [0.15, 0.2) is 5.82 Å². The summed E-state index contributed by atoms with van der Waals surface area (Å²) in [6, 6.07) is 16.4. The molecule has 0 aliphatic carbocycles. The molecule has 0 bridgehead atoms. The summed E-state index contributed by atoms with van der Waals surface area (Å²) in [7, 11) is 0.242. The zero-order valence-corrected chi connectivity index (χ0v) is 17.3. The summed E-state index contributed by atoms with van der Waals surface area (Å²) in [6.07, 6.45) is 3.24. The minimum absolute atomic E-state index is 0.470. The number of sulfonamides is 1. The van der Waals surface area contributed by atoms with E-state index >= 15 is 0 Å². The lowest BCUT2D eigenvalue weighted by Gasteiger charge is -2.13. The second kappa shape index (κ2) is 8.74. The van der Waals surface area contributed by atoms with Gasteiger partial charge in [0.05, 0.1) is 17.3 Å². The van der Waals surface area contributed by atoms with Crippen LogP contribution in [0.25, 0.3) is 6.08 Å². The highest BCUT2D eigenvalue weighted by molar-refractivity contribution is 7.95. The smallest absolute Gasteiger partial charge is 0.255 e. The predicted octanol–water partition coefficient (Wildman–Crippen LogP) is 4.01. The number of anilines is 4. The lowest BCUT2D eigenvalue weighted by Crippen LogP contribution is -2.10. The number of benzene rings is 2. The lowest BCUT2D eigenvalue weighted by molar-refractivity contribution is 0.609. The van der Waals surface area contributed by atoms with Gasteiger partial charge in [-0.1, -0.05) is 29.8 Å². The second-order valence-corrected chi connectivity index (χ2v) is 8.32. The van der Waals surface area contributed by atoms with Crippen molar-refractivity contribution in [2.45, 2.75) is 6.92 Å². The zero-order chi connectivity index (χ0) is 20.9. The minimum atomic E-state index is -3.61. The highest BCUT2D eigenvalue weighted by atomic mass is 32.2. The third-order valence-electron chi connectivity index (χ3n) is 4.09. The van der Waals surface area contributed by atoms with Crippen LogP contribution in [0.5, 0.6) is 0 Å². The molecule has 0 amide bonds. The fraction of sp³-hybridized carbons (Fsp3) is 0.143. The third-order valence-corrected chi connectivity index (χ3v) is 5.11. The van der Waals surface area contributed by atoms with E-state index in [4.69, 9.17) is 0 Å². The number of nitrogens with zero attached hydrogens (tertiary/aromatic N) is 3. The molecule has 7 nitrogen and oxygen atoms in total. The number of nitrogens with one attached hydrogen (secondary N) is 2. The summed E-state index contributed by atoms with van der Waals surface area (Å²) in [4.78, 5) is 1.93. The SMILES string of the molecule is Cc1ccc(/C=C/S(=O)(=O)Nc2ccc(Nc3cc(N(C)C)cnn3)cc2)cc1. The summed E-state index contributed by atoms with van der Waals surface area (Å²) in [5.74, 6) is 0.602. The van der Waals surface area contributed by atoms with Crippen molar-refractivity contribution in [1.82, 2.24) is 10.2 Å². The molecule has 2 N–H and O–H groups in total. The van der Waals surface area contributed by atoms with Gasteiger partial charge in [-0.15, -0.1) is 5.10 Å². The summed E-state index contributed by atoms with van der Waals surface area (Å²) < 4.78 is 27.1. The average Bonchev–Trinajstić information content (AvgIpc) is 2.69. The van der Waals surface area contributed by atoms with E-state index in [1.54, 1.807) is 36.5 Å². The molecule has 3 aromatic rings. The zero-order valence-electron chi connectivity index (χ0n) is 16.5. The molecule has 1 heterocycles. The average molecular weight is 410 g/mol. The van der Waals surface area contributed by atoms with Gasteiger partial charge in [-0.2, -0.15) is 5.10 Å². The van der Waals surface area contributed by atoms with Crippen LogP contribution in [0.4, 0.5) is 22.9 Å². The van der Waals surface area contributed by atoms with E-state index in [1.165, 1.54) is 0 Å². The topological polar surface area (TPSA) is 87.2 Å². The quantitative estimate of drug-likeness (QED) is 0.613. The molecule has 29 heavy (non-hydrogen) atoms. The molecule has 0 unspecified atom stereocenters. The summed E-state index contributed by atoms with van der Waals surface area (Å²) in [6.45, 7) is 1.98. The number of aryl methyl sites for hydroxylation is 1. The minimum Gasteiger partial charge on any atom is -0.376 e. The molecule has 0 aliphatic rings. The van der Waals surface area contributed by atoms with Crippen LogP contribution in [0.15, 0.2) is 66.2 Å². The van der Waals surface area contributed by atoms with Gasteiger partial charge in [-0.3, -0.25) is 4.72 Å². The predicted molar refractivity (Wildman–Crippen MR) is 119 cm³/mol. The van der Waals surface area contributed by atoms with Crippen LogP contribution in [0.2, 0.25) is 0 Å². The first kappa shape index (κ1) is 20.3. The van der Waals surface area contributed by atoms with E-state index in [2.05, 4.69) is 20.2 Å². The van der Waals surface area contributed by atoms with Crippen molar-refractivity contribution in [2.75, 3.05) is 29.0 Å². The maximum Gasteiger partial charge on any atom is 0.255 e. The van der Waals surface area contributed by atoms with Crippen LogP contribution in [0.3, 0.4) is 0 Å². The Hall–Kier alpha value is -3.39. The van der Waals surface area contributed by atoms with Gasteiger partial charge >= 0.3 is 0 Å². The second-order valence-electron chi connectivity index (χ2n) is 6.76. The molecule has 0 saturated heterocycles. The number of hydrogen-bond acceptors (Lipinski definition) is 6. The molecule has 0 spiro atoms. The Morgan fingerprint density at radius 1 is 0.966 bits per heavy atom. The first-order chi connectivity index (χ1) is 13.8. The molecule has 0 radical (unpaired) electrons. The number of rotatable bonds is 7. The van der Waals surface area contributed by atoms with Gasteiger partial charge in [0.25, 0.3) is 10.0 Å². The van der Waals surface area contributed by atoms with Gasteiger partial charge in [0.2, 0.25) is 0 Å².